The number of rotatable bonds is 31. The zero-order valence-electron chi connectivity index (χ0n) is 52.7. The molecular formula is C60H97N7O15S4. The monoisotopic (exact) mass is 1280 g/mol. The Kier molecular flexibility index (Phi) is 32.1. The Labute approximate surface area is 514 Å². The zero-order valence-corrected chi connectivity index (χ0v) is 55.9. The number of carbonyl (C=O) groups excluding carboxylic acids is 3. The average Bonchev–Trinajstić information content (AvgIpc) is 2.36. The number of imide groups is 1. The molecule has 0 saturated carbocycles. The van der Waals surface area contributed by atoms with E-state index in [1.165, 1.54) is 83.2 Å². The molecule has 0 fully saturated rings. The molecule has 3 aliphatic heterocycles. The molecule has 0 saturated heterocycles. The summed E-state index contributed by atoms with van der Waals surface area (Å²) in [6, 6.07) is 7.75. The van der Waals surface area contributed by atoms with Gasteiger partial charge in [-0.3, -0.25) is 19.3 Å². The molecule has 3 heterocycles. The van der Waals surface area contributed by atoms with Crippen molar-refractivity contribution in [1.82, 2.24) is 10.2 Å². The molecule has 86 heavy (non-hydrogen) atoms. The van der Waals surface area contributed by atoms with Crippen LogP contribution >= 0.6 is 0 Å². The minimum atomic E-state index is -4.91. The Hall–Kier alpha value is -5.00. The quantitative estimate of drug-likeness (QED) is 0.0277. The molecule has 2 aromatic rings. The van der Waals surface area contributed by atoms with Crippen molar-refractivity contribution in [2.24, 2.45) is 0 Å². The number of nitrogens with one attached hydrogen (secondary N) is 4. The van der Waals surface area contributed by atoms with Crippen LogP contribution in [0.4, 0.5) is 11.4 Å². The number of allylic oxidation sites excluding steroid dienone is 6. The van der Waals surface area contributed by atoms with E-state index in [-0.39, 0.29) is 51.3 Å². The Morgan fingerprint density at radius 1 is 0.581 bits per heavy atom. The number of carbonyl (C=O) groups is 3. The second kappa shape index (κ2) is 35.9. The number of nitrogens with zero attached hydrogens (tertiary/aromatic N) is 3. The molecule has 26 heteroatoms. The van der Waals surface area contributed by atoms with E-state index in [4.69, 9.17) is 0 Å². The summed E-state index contributed by atoms with van der Waals surface area (Å²) in [6.45, 7) is 37.0. The van der Waals surface area contributed by atoms with Crippen molar-refractivity contribution in [3.05, 3.63) is 95.8 Å². The van der Waals surface area contributed by atoms with Crippen LogP contribution < -0.4 is 24.9 Å². The molecule has 22 nitrogen and oxygen atoms in total. The molecule has 0 radical (unpaired) electrons. The summed E-state index contributed by atoms with van der Waals surface area (Å²) in [7, 11) is -18.9. The van der Waals surface area contributed by atoms with E-state index in [0.717, 1.165) is 29.2 Å². The lowest BCUT2D eigenvalue weighted by Crippen LogP contribution is -3.11. The minimum absolute atomic E-state index is 0.0201. The first kappa shape index (κ1) is 77.1. The van der Waals surface area contributed by atoms with Crippen molar-refractivity contribution in [3.63, 3.8) is 0 Å². The normalized spacial score (nSPS) is 17.2. The van der Waals surface area contributed by atoms with Gasteiger partial charge >= 0.3 is 0 Å². The summed E-state index contributed by atoms with van der Waals surface area (Å²) in [6.07, 6.45) is 12.5. The van der Waals surface area contributed by atoms with E-state index in [1.54, 1.807) is 68.4 Å². The molecule has 0 spiro atoms. The van der Waals surface area contributed by atoms with Gasteiger partial charge in [0.05, 0.1) is 94.3 Å². The van der Waals surface area contributed by atoms with Gasteiger partial charge in [-0.1, -0.05) is 31.1 Å². The number of hydrogen-bond acceptors (Lipinski definition) is 16. The van der Waals surface area contributed by atoms with E-state index >= 15 is 0 Å². The molecule has 1 unspecified atom stereocenters. The third-order valence-corrected chi connectivity index (χ3v) is 19.3. The molecule has 5 rings (SSSR count). The van der Waals surface area contributed by atoms with Crippen LogP contribution in [0, 0.1) is 0 Å². The van der Waals surface area contributed by atoms with Crippen LogP contribution in [0.2, 0.25) is 0 Å². The summed E-state index contributed by atoms with van der Waals surface area (Å²) in [5.74, 6) is -2.56. The highest BCUT2D eigenvalue weighted by molar-refractivity contribution is 7.86. The zero-order chi connectivity index (χ0) is 65.3. The number of benzene rings is 2. The highest BCUT2D eigenvalue weighted by Gasteiger charge is 2.45. The fraction of sp³-hybridized carbons (Fsp3) is 0.600. The molecule has 0 aromatic heterocycles. The van der Waals surface area contributed by atoms with Gasteiger partial charge in [0.25, 0.3) is 11.8 Å². The van der Waals surface area contributed by atoms with Gasteiger partial charge in [-0.2, -0.15) is 4.58 Å². The summed E-state index contributed by atoms with van der Waals surface area (Å²) in [5, 5.41) is 2.69. The number of fused-ring (bicyclic) bond motifs is 2. The van der Waals surface area contributed by atoms with Crippen molar-refractivity contribution in [1.29, 1.82) is 0 Å². The van der Waals surface area contributed by atoms with Gasteiger partial charge in [-0.25, -0.2) is 33.7 Å². The second-order valence-corrected chi connectivity index (χ2v) is 27.7. The molecule has 3 amide bonds. The standard InChI is InChI=1S/C42H52N4O15S4.3C6H15N/c1-41(2)32-28-30(64(56,57)58)15-17-34(32)44(23-10-26-62(50,51)52)36(41)12-6-4-7-13-37-42(3,21-9-5-8-14-38(47)43-22-25-46-39(48)19-20-40(46)49)33-29-31(65(59,60)61)16-18-35(33)45(37)24-11-27-63(53,54)55;3*1-4-7(5-2)6-3/h4,6-7,12-13,15-20,28-29H,5,8-11,14,21-27H2,1-3H3,(H4-,43,47,50,51,52,53,54,55,56,57,58,59,60,61);3*4-6H2,1-3H3. The predicted octanol–water partition coefficient (Wildman–Crippen LogP) is 2.30. The highest BCUT2D eigenvalue weighted by atomic mass is 32.2. The maximum absolute atomic E-state index is 12.6. The number of anilines is 1. The number of unbranched alkanes of at least 4 members (excludes halogenated alkanes) is 2. The summed E-state index contributed by atoms with van der Waals surface area (Å²) < 4.78 is 143. The molecule has 0 bridgehead atoms. The lowest BCUT2D eigenvalue weighted by Gasteiger charge is -2.31. The fourth-order valence-electron chi connectivity index (χ4n) is 10.6. The average molecular weight is 1280 g/mol. The molecule has 1 atom stereocenters. The molecule has 3 aliphatic rings. The summed E-state index contributed by atoms with van der Waals surface area (Å²) in [4.78, 5) is 43.0. The van der Waals surface area contributed by atoms with Gasteiger partial charge in [0, 0.05) is 90.6 Å². The first-order valence-corrected chi connectivity index (χ1v) is 36.0. The van der Waals surface area contributed by atoms with Gasteiger partial charge < -0.3 is 43.1 Å². The van der Waals surface area contributed by atoms with Gasteiger partial charge in [-0.05, 0) is 144 Å². The fourth-order valence-corrected chi connectivity index (χ4v) is 12.6. The number of amides is 3. The van der Waals surface area contributed by atoms with Crippen molar-refractivity contribution < 1.29 is 85.5 Å². The molecule has 486 valence electrons. The third kappa shape index (κ3) is 24.2. The van der Waals surface area contributed by atoms with Gasteiger partial charge in [0.15, 0.2) is 5.71 Å². The Bertz CT molecular complexity index is 3120. The van der Waals surface area contributed by atoms with E-state index in [0.29, 0.717) is 59.6 Å². The minimum Gasteiger partial charge on any atom is -0.748 e. The lowest BCUT2D eigenvalue weighted by molar-refractivity contribution is -0.894. The van der Waals surface area contributed by atoms with Crippen LogP contribution in [-0.4, -0.2) is 181 Å². The van der Waals surface area contributed by atoms with E-state index in [1.807, 2.05) is 6.92 Å². The summed E-state index contributed by atoms with van der Waals surface area (Å²) in [5.41, 5.74) is 1.19. The van der Waals surface area contributed by atoms with Gasteiger partial charge in [-0.15, -0.1) is 0 Å². The van der Waals surface area contributed by atoms with Crippen molar-refractivity contribution in [2.75, 3.05) is 101 Å². The van der Waals surface area contributed by atoms with Gasteiger partial charge in [0.2, 0.25) is 11.6 Å². The van der Waals surface area contributed by atoms with E-state index in [9.17, 15) is 66.3 Å². The first-order valence-electron chi connectivity index (χ1n) is 30.0. The SMILES string of the molecule is CC1(C)C(/C=C/C=C/C=C2\N(CCCS(=O)(=O)[O-])c3ccc(S(=O)(=O)[O-])cc3C2(C)CCCCCC(=O)NCCN2C(=O)C=CC2=O)=[N+](CCCS(=O)(=O)[O-])c2ccc(S(=O)(=O)[O-])cc21.CC[NH+](CC)CC.CC[NH+](CC)CC.CC[NH+](CC)CC. The van der Waals surface area contributed by atoms with Crippen LogP contribution in [0.3, 0.4) is 0 Å². The van der Waals surface area contributed by atoms with Crippen molar-refractivity contribution >= 4 is 75.3 Å². The predicted molar refractivity (Wildman–Crippen MR) is 331 cm³/mol. The summed E-state index contributed by atoms with van der Waals surface area (Å²) >= 11 is 0. The number of hydrogen-bond donors (Lipinski definition) is 4. The Morgan fingerprint density at radius 2 is 1.06 bits per heavy atom. The maximum Gasteiger partial charge on any atom is 0.253 e. The van der Waals surface area contributed by atoms with Crippen molar-refractivity contribution in [3.8, 4) is 0 Å². The lowest BCUT2D eigenvalue weighted by atomic mass is 9.77. The van der Waals surface area contributed by atoms with E-state index in [2.05, 4.69) is 67.6 Å². The van der Waals surface area contributed by atoms with Gasteiger partial charge in [0.1, 0.15) is 26.8 Å². The smallest absolute Gasteiger partial charge is 0.253 e. The number of quaternary nitrogens is 3. The van der Waals surface area contributed by atoms with Crippen LogP contribution in [0.1, 0.15) is 139 Å². The molecular weight excluding hydrogens is 1190 g/mol. The Balaban J connectivity index is 0.00000102. The largest absolute Gasteiger partial charge is 0.748 e. The van der Waals surface area contributed by atoms with Crippen LogP contribution in [0.15, 0.2) is 94.4 Å². The van der Waals surface area contributed by atoms with Crippen molar-refractivity contribution in [2.45, 2.75) is 149 Å². The maximum atomic E-state index is 12.6. The van der Waals surface area contributed by atoms with Crippen LogP contribution in [0.25, 0.3) is 0 Å². The van der Waals surface area contributed by atoms with Crippen LogP contribution in [0.5, 0.6) is 0 Å². The first-order chi connectivity index (χ1) is 40.2. The second-order valence-electron chi connectivity index (χ2n) is 21.9. The van der Waals surface area contributed by atoms with E-state index < -0.39 is 84.4 Å². The Morgan fingerprint density at radius 3 is 1.52 bits per heavy atom. The molecule has 2 aromatic carbocycles. The molecule has 0 aliphatic carbocycles. The highest BCUT2D eigenvalue weighted by Crippen LogP contribution is 2.51. The van der Waals surface area contributed by atoms with Crippen LogP contribution in [-0.2, 0) is 65.7 Å². The topological polar surface area (TPSA) is 315 Å². The third-order valence-electron chi connectivity index (χ3n) is 16.1. The molecule has 4 N–H and O–H groups in total.